The van der Waals surface area contributed by atoms with Crippen molar-refractivity contribution in [1.29, 1.82) is 0 Å². The Morgan fingerprint density at radius 1 is 0.952 bits per heavy atom. The van der Waals surface area contributed by atoms with Gasteiger partial charge in [-0.25, -0.2) is 0 Å². The molecular formula is C19H24N2. The van der Waals surface area contributed by atoms with E-state index in [2.05, 4.69) is 47.4 Å². The number of aryl methyl sites for hydroxylation is 1. The third-order valence-corrected chi connectivity index (χ3v) is 4.25. The van der Waals surface area contributed by atoms with Gasteiger partial charge in [0.2, 0.25) is 0 Å². The molecule has 0 unspecified atom stereocenters. The van der Waals surface area contributed by atoms with Crippen LogP contribution < -0.4 is 5.73 Å². The standard InChI is InChI=1S/C19H24N2/c20-19-11-5-4-10-17(19)15-21(18-12-13-18)14-6-9-16-7-2-1-3-8-16/h1-5,7-8,10-11,18H,6,9,12-15,20H2. The summed E-state index contributed by atoms with van der Waals surface area (Å²) >= 11 is 0. The highest BCUT2D eigenvalue weighted by Gasteiger charge is 2.28. The van der Waals surface area contributed by atoms with Crippen LogP contribution in [0.3, 0.4) is 0 Å². The Morgan fingerprint density at radius 3 is 2.38 bits per heavy atom. The molecule has 1 fully saturated rings. The first-order chi connectivity index (χ1) is 10.3. The lowest BCUT2D eigenvalue weighted by molar-refractivity contribution is 0.252. The first kappa shape index (κ1) is 14.2. The third kappa shape index (κ3) is 4.08. The SMILES string of the molecule is Nc1ccccc1CN(CCCc1ccccc1)C1CC1. The van der Waals surface area contributed by atoms with Crippen LogP contribution in [-0.2, 0) is 13.0 Å². The minimum Gasteiger partial charge on any atom is -0.398 e. The Kier molecular flexibility index (Phi) is 4.56. The molecule has 2 aromatic rings. The fourth-order valence-corrected chi connectivity index (χ4v) is 2.86. The Balaban J connectivity index is 1.54. The monoisotopic (exact) mass is 280 g/mol. The highest BCUT2D eigenvalue weighted by Crippen LogP contribution is 2.29. The van der Waals surface area contributed by atoms with E-state index in [1.165, 1.54) is 30.4 Å². The van der Waals surface area contributed by atoms with E-state index in [1.807, 2.05) is 12.1 Å². The fraction of sp³-hybridized carbons (Fsp3) is 0.368. The Morgan fingerprint density at radius 2 is 1.67 bits per heavy atom. The quantitative estimate of drug-likeness (QED) is 0.780. The highest BCUT2D eigenvalue weighted by molar-refractivity contribution is 5.46. The number of nitrogens with two attached hydrogens (primary N) is 1. The molecule has 2 aromatic carbocycles. The molecule has 110 valence electrons. The van der Waals surface area contributed by atoms with Crippen LogP contribution in [0.4, 0.5) is 5.69 Å². The number of hydrogen-bond donors (Lipinski definition) is 1. The van der Waals surface area contributed by atoms with Crippen LogP contribution in [0.25, 0.3) is 0 Å². The molecule has 21 heavy (non-hydrogen) atoms. The lowest BCUT2D eigenvalue weighted by Gasteiger charge is -2.22. The second kappa shape index (κ2) is 6.77. The minimum atomic E-state index is 0.778. The topological polar surface area (TPSA) is 29.3 Å². The van der Waals surface area contributed by atoms with Crippen LogP contribution >= 0.6 is 0 Å². The molecule has 2 N–H and O–H groups in total. The second-order valence-electron chi connectivity index (χ2n) is 5.99. The fourth-order valence-electron chi connectivity index (χ4n) is 2.86. The summed E-state index contributed by atoms with van der Waals surface area (Å²) in [6, 6.07) is 19.8. The van der Waals surface area contributed by atoms with E-state index in [9.17, 15) is 0 Å². The summed E-state index contributed by atoms with van der Waals surface area (Å²) in [7, 11) is 0. The van der Waals surface area contributed by atoms with Gasteiger partial charge in [0.15, 0.2) is 0 Å². The van der Waals surface area contributed by atoms with Gasteiger partial charge < -0.3 is 5.73 Å². The number of para-hydroxylation sites is 1. The smallest absolute Gasteiger partial charge is 0.0359 e. The van der Waals surface area contributed by atoms with E-state index in [0.29, 0.717) is 0 Å². The molecule has 0 aromatic heterocycles. The van der Waals surface area contributed by atoms with Crippen molar-refractivity contribution in [3.63, 3.8) is 0 Å². The molecule has 1 aliphatic carbocycles. The second-order valence-corrected chi connectivity index (χ2v) is 5.99. The van der Waals surface area contributed by atoms with Gasteiger partial charge in [-0.3, -0.25) is 4.90 Å². The summed E-state index contributed by atoms with van der Waals surface area (Å²) in [6.45, 7) is 2.15. The van der Waals surface area contributed by atoms with Gasteiger partial charge in [-0.2, -0.15) is 0 Å². The molecule has 0 radical (unpaired) electrons. The summed E-state index contributed by atoms with van der Waals surface area (Å²) in [5.41, 5.74) is 9.71. The predicted octanol–water partition coefficient (Wildman–Crippen LogP) is 3.87. The molecule has 2 heteroatoms. The summed E-state index contributed by atoms with van der Waals surface area (Å²) in [6.07, 6.45) is 5.07. The van der Waals surface area contributed by atoms with Crippen LogP contribution in [0.5, 0.6) is 0 Å². The van der Waals surface area contributed by atoms with Crippen LogP contribution in [0.15, 0.2) is 54.6 Å². The Labute approximate surface area is 127 Å². The van der Waals surface area contributed by atoms with Crippen molar-refractivity contribution >= 4 is 5.69 Å². The van der Waals surface area contributed by atoms with Gasteiger partial charge >= 0.3 is 0 Å². The van der Waals surface area contributed by atoms with Crippen molar-refractivity contribution in [2.45, 2.75) is 38.3 Å². The maximum atomic E-state index is 6.08. The van der Waals surface area contributed by atoms with Crippen LogP contribution in [-0.4, -0.2) is 17.5 Å². The zero-order valence-corrected chi connectivity index (χ0v) is 12.5. The van der Waals surface area contributed by atoms with Gasteiger partial charge in [-0.15, -0.1) is 0 Å². The minimum absolute atomic E-state index is 0.778. The molecule has 3 rings (SSSR count). The van der Waals surface area contributed by atoms with E-state index in [4.69, 9.17) is 5.73 Å². The molecule has 1 aliphatic rings. The van der Waals surface area contributed by atoms with Crippen LogP contribution in [0, 0.1) is 0 Å². The van der Waals surface area contributed by atoms with Crippen molar-refractivity contribution in [2.24, 2.45) is 0 Å². The first-order valence-electron chi connectivity index (χ1n) is 7.94. The summed E-state index contributed by atoms with van der Waals surface area (Å²) in [5.74, 6) is 0. The lowest BCUT2D eigenvalue weighted by Crippen LogP contribution is -2.27. The highest BCUT2D eigenvalue weighted by atomic mass is 15.2. The average Bonchev–Trinajstić information content (AvgIpc) is 3.34. The predicted molar refractivity (Wildman–Crippen MR) is 89.0 cm³/mol. The molecule has 1 saturated carbocycles. The van der Waals surface area contributed by atoms with Crippen molar-refractivity contribution in [3.05, 3.63) is 65.7 Å². The summed E-state index contributed by atoms with van der Waals surface area (Å²) in [5, 5.41) is 0. The molecule has 0 aliphatic heterocycles. The van der Waals surface area contributed by atoms with Crippen molar-refractivity contribution < 1.29 is 0 Å². The van der Waals surface area contributed by atoms with Crippen LogP contribution in [0.2, 0.25) is 0 Å². The number of anilines is 1. The third-order valence-electron chi connectivity index (χ3n) is 4.25. The van der Waals surface area contributed by atoms with E-state index >= 15 is 0 Å². The zero-order valence-electron chi connectivity index (χ0n) is 12.5. The van der Waals surface area contributed by atoms with Gasteiger partial charge in [-0.1, -0.05) is 48.5 Å². The molecule has 0 saturated heterocycles. The Hall–Kier alpha value is -1.80. The normalized spacial score (nSPS) is 14.5. The van der Waals surface area contributed by atoms with E-state index in [1.54, 1.807) is 0 Å². The van der Waals surface area contributed by atoms with E-state index in [-0.39, 0.29) is 0 Å². The van der Waals surface area contributed by atoms with Crippen LogP contribution in [0.1, 0.15) is 30.4 Å². The molecule has 0 spiro atoms. The van der Waals surface area contributed by atoms with Gasteiger partial charge in [0, 0.05) is 18.3 Å². The first-order valence-corrected chi connectivity index (χ1v) is 7.94. The number of rotatable bonds is 7. The largest absolute Gasteiger partial charge is 0.398 e. The zero-order chi connectivity index (χ0) is 14.5. The number of nitrogens with zero attached hydrogens (tertiary/aromatic N) is 1. The van der Waals surface area contributed by atoms with Crippen molar-refractivity contribution in [2.75, 3.05) is 12.3 Å². The average molecular weight is 280 g/mol. The van der Waals surface area contributed by atoms with Crippen molar-refractivity contribution in [3.8, 4) is 0 Å². The van der Waals surface area contributed by atoms with E-state index < -0.39 is 0 Å². The van der Waals surface area contributed by atoms with E-state index in [0.717, 1.165) is 31.2 Å². The molecule has 0 bridgehead atoms. The maximum absolute atomic E-state index is 6.08. The molecule has 0 amide bonds. The van der Waals surface area contributed by atoms with Gasteiger partial charge in [-0.05, 0) is 49.4 Å². The number of benzene rings is 2. The molecule has 0 heterocycles. The molecule has 2 nitrogen and oxygen atoms in total. The Bertz CT molecular complexity index is 561. The summed E-state index contributed by atoms with van der Waals surface area (Å²) in [4.78, 5) is 2.61. The number of nitrogen functional groups attached to an aromatic ring is 1. The van der Waals surface area contributed by atoms with Gasteiger partial charge in [0.25, 0.3) is 0 Å². The van der Waals surface area contributed by atoms with Crippen molar-refractivity contribution in [1.82, 2.24) is 4.90 Å². The lowest BCUT2D eigenvalue weighted by atomic mass is 10.1. The summed E-state index contributed by atoms with van der Waals surface area (Å²) < 4.78 is 0. The van der Waals surface area contributed by atoms with Gasteiger partial charge in [0.1, 0.15) is 0 Å². The number of hydrogen-bond acceptors (Lipinski definition) is 2. The van der Waals surface area contributed by atoms with Gasteiger partial charge in [0.05, 0.1) is 0 Å². The maximum Gasteiger partial charge on any atom is 0.0359 e. The molecule has 0 atom stereocenters. The molecular weight excluding hydrogens is 256 g/mol.